The molecular formula is C12H15Cl2N3O3. The lowest BCUT2D eigenvalue weighted by Gasteiger charge is -2.21. The highest BCUT2D eigenvalue weighted by Crippen LogP contribution is 2.23. The van der Waals surface area contributed by atoms with E-state index < -0.39 is 18.2 Å². The molecular weight excluding hydrogens is 305 g/mol. The summed E-state index contributed by atoms with van der Waals surface area (Å²) in [6.07, 6.45) is -0.445. The van der Waals surface area contributed by atoms with Gasteiger partial charge in [-0.25, -0.2) is 14.5 Å². The Balaban J connectivity index is 2.70. The Hall–Kier alpha value is -1.50. The van der Waals surface area contributed by atoms with Crippen molar-refractivity contribution in [2.75, 3.05) is 13.7 Å². The van der Waals surface area contributed by atoms with E-state index in [0.29, 0.717) is 16.5 Å². The van der Waals surface area contributed by atoms with Gasteiger partial charge in [0.05, 0.1) is 17.2 Å². The minimum atomic E-state index is -0.915. The van der Waals surface area contributed by atoms with E-state index >= 15 is 0 Å². The lowest BCUT2D eigenvalue weighted by Crippen LogP contribution is -2.47. The number of ether oxygens (including phenoxy) is 1. The topological polar surface area (TPSA) is 98.7 Å². The molecule has 1 rings (SSSR count). The molecule has 0 aliphatic carbocycles. The molecule has 0 radical (unpaired) electrons. The van der Waals surface area contributed by atoms with E-state index in [-0.39, 0.29) is 6.54 Å². The smallest absolute Gasteiger partial charge is 0.417 e. The first-order chi connectivity index (χ1) is 9.35. The van der Waals surface area contributed by atoms with Gasteiger partial charge in [0.2, 0.25) is 0 Å². The van der Waals surface area contributed by atoms with E-state index in [4.69, 9.17) is 34.7 Å². The van der Waals surface area contributed by atoms with Gasteiger partial charge in [0.1, 0.15) is 0 Å². The summed E-state index contributed by atoms with van der Waals surface area (Å²) in [5, 5.41) is 0.855. The molecule has 0 unspecified atom stereocenters. The predicted octanol–water partition coefficient (Wildman–Crippen LogP) is 2.01. The van der Waals surface area contributed by atoms with Crippen LogP contribution in [0.1, 0.15) is 5.56 Å². The monoisotopic (exact) mass is 319 g/mol. The zero-order valence-electron chi connectivity index (χ0n) is 10.8. The van der Waals surface area contributed by atoms with Crippen LogP contribution < -0.4 is 11.5 Å². The summed E-state index contributed by atoms with van der Waals surface area (Å²) >= 11 is 11.7. The zero-order chi connectivity index (χ0) is 15.3. The van der Waals surface area contributed by atoms with Crippen molar-refractivity contribution in [2.45, 2.75) is 12.5 Å². The van der Waals surface area contributed by atoms with E-state index in [0.717, 1.165) is 17.6 Å². The number of carbonyl (C=O) groups is 2. The number of amides is 3. The molecule has 1 aromatic rings. The van der Waals surface area contributed by atoms with Gasteiger partial charge < -0.3 is 16.2 Å². The molecule has 0 fully saturated rings. The number of benzene rings is 1. The van der Waals surface area contributed by atoms with Crippen LogP contribution in [0.4, 0.5) is 9.59 Å². The van der Waals surface area contributed by atoms with Crippen LogP contribution >= 0.6 is 23.2 Å². The third-order valence-corrected chi connectivity index (χ3v) is 3.30. The maximum absolute atomic E-state index is 11.3. The normalized spacial score (nSPS) is 11.8. The maximum atomic E-state index is 11.3. The molecule has 20 heavy (non-hydrogen) atoms. The van der Waals surface area contributed by atoms with Crippen LogP contribution in [0, 0.1) is 0 Å². The average molecular weight is 320 g/mol. The molecule has 8 heteroatoms. The number of urea groups is 1. The summed E-state index contributed by atoms with van der Waals surface area (Å²) in [6, 6.07) is 3.68. The molecule has 0 heterocycles. The highest BCUT2D eigenvalue weighted by atomic mass is 35.5. The summed E-state index contributed by atoms with van der Waals surface area (Å²) < 4.78 is 4.45. The van der Waals surface area contributed by atoms with E-state index in [2.05, 4.69) is 4.74 Å². The minimum absolute atomic E-state index is 0.0533. The summed E-state index contributed by atoms with van der Waals surface area (Å²) in [7, 11) is 1.16. The van der Waals surface area contributed by atoms with Crippen molar-refractivity contribution in [3.05, 3.63) is 33.8 Å². The second kappa shape index (κ2) is 7.33. The van der Waals surface area contributed by atoms with Crippen molar-refractivity contribution < 1.29 is 14.3 Å². The Bertz CT molecular complexity index is 511. The van der Waals surface area contributed by atoms with Crippen LogP contribution in [0.15, 0.2) is 18.2 Å². The molecule has 0 saturated heterocycles. The van der Waals surface area contributed by atoms with Gasteiger partial charge in [-0.2, -0.15) is 0 Å². The number of halogens is 2. The fourth-order valence-electron chi connectivity index (χ4n) is 1.63. The Morgan fingerprint density at radius 1 is 1.35 bits per heavy atom. The van der Waals surface area contributed by atoms with Crippen LogP contribution in [0.2, 0.25) is 10.0 Å². The molecule has 0 aliphatic rings. The second-order valence-electron chi connectivity index (χ2n) is 4.13. The number of carbonyl (C=O) groups excluding carboxylic acids is 2. The van der Waals surface area contributed by atoms with Crippen LogP contribution in [-0.2, 0) is 11.2 Å². The van der Waals surface area contributed by atoms with Gasteiger partial charge in [-0.15, -0.1) is 0 Å². The third kappa shape index (κ3) is 4.56. The summed E-state index contributed by atoms with van der Waals surface area (Å²) in [4.78, 5) is 23.2. The number of hydrogen-bond acceptors (Lipinski definition) is 4. The summed E-state index contributed by atoms with van der Waals surface area (Å²) in [5.74, 6) is 0. The van der Waals surface area contributed by atoms with Gasteiger partial charge in [-0.05, 0) is 24.1 Å². The van der Waals surface area contributed by atoms with Crippen molar-refractivity contribution in [3.8, 4) is 0 Å². The van der Waals surface area contributed by atoms with Gasteiger partial charge in [0.15, 0.2) is 0 Å². The molecule has 3 amide bonds. The van der Waals surface area contributed by atoms with Gasteiger partial charge in [0, 0.05) is 12.6 Å². The van der Waals surface area contributed by atoms with Crippen molar-refractivity contribution in [1.82, 2.24) is 4.90 Å². The molecule has 110 valence electrons. The van der Waals surface area contributed by atoms with Gasteiger partial charge in [-0.3, -0.25) is 0 Å². The molecule has 6 nitrogen and oxygen atoms in total. The average Bonchev–Trinajstić information content (AvgIpc) is 2.39. The minimum Gasteiger partial charge on any atom is -0.452 e. The number of nitrogens with zero attached hydrogens (tertiary/aromatic N) is 1. The second-order valence-corrected chi connectivity index (χ2v) is 4.95. The fraction of sp³-hybridized carbons (Fsp3) is 0.333. The Morgan fingerprint density at radius 2 is 2.00 bits per heavy atom. The molecule has 1 atom stereocenters. The SMILES string of the molecule is COC(=O)N(C[C@H](N)Cc1ccc(Cl)c(Cl)c1)C(N)=O. The summed E-state index contributed by atoms with van der Waals surface area (Å²) in [6.45, 7) is -0.0533. The van der Waals surface area contributed by atoms with Crippen molar-refractivity contribution >= 4 is 35.3 Å². The molecule has 0 bridgehead atoms. The zero-order valence-corrected chi connectivity index (χ0v) is 12.3. The molecule has 4 N–H and O–H groups in total. The molecule has 0 spiro atoms. The first-order valence-corrected chi connectivity index (χ1v) is 6.45. The Morgan fingerprint density at radius 3 is 2.50 bits per heavy atom. The first-order valence-electron chi connectivity index (χ1n) is 5.69. The summed E-state index contributed by atoms with van der Waals surface area (Å²) in [5.41, 5.74) is 11.8. The number of rotatable bonds is 4. The van der Waals surface area contributed by atoms with Crippen molar-refractivity contribution in [3.63, 3.8) is 0 Å². The first kappa shape index (κ1) is 16.6. The largest absolute Gasteiger partial charge is 0.452 e. The molecule has 1 aromatic carbocycles. The van der Waals surface area contributed by atoms with E-state index in [9.17, 15) is 9.59 Å². The van der Waals surface area contributed by atoms with Crippen LogP contribution in [-0.4, -0.2) is 36.7 Å². The number of nitrogens with two attached hydrogens (primary N) is 2. The Labute approximate surface area is 126 Å². The van der Waals surface area contributed by atoms with Crippen molar-refractivity contribution in [1.29, 1.82) is 0 Å². The van der Waals surface area contributed by atoms with Gasteiger partial charge >= 0.3 is 12.1 Å². The number of hydrogen-bond donors (Lipinski definition) is 2. The highest BCUT2D eigenvalue weighted by Gasteiger charge is 2.22. The standard InChI is InChI=1S/C12H15Cl2N3O3/c1-20-12(19)17(11(16)18)6-8(15)4-7-2-3-9(13)10(14)5-7/h2-3,5,8H,4,6,15H2,1H3,(H2,16,18)/t8-/m1/s1. The van der Waals surface area contributed by atoms with Crippen LogP contribution in [0.25, 0.3) is 0 Å². The van der Waals surface area contributed by atoms with Crippen molar-refractivity contribution in [2.24, 2.45) is 11.5 Å². The lowest BCUT2D eigenvalue weighted by molar-refractivity contribution is 0.129. The van der Waals surface area contributed by atoms with E-state index in [1.165, 1.54) is 0 Å². The third-order valence-electron chi connectivity index (χ3n) is 2.56. The molecule has 0 saturated carbocycles. The van der Waals surface area contributed by atoms with Crippen LogP contribution in [0.5, 0.6) is 0 Å². The fourth-order valence-corrected chi connectivity index (χ4v) is 1.95. The highest BCUT2D eigenvalue weighted by molar-refractivity contribution is 6.42. The number of imide groups is 1. The Kier molecular flexibility index (Phi) is 6.06. The van der Waals surface area contributed by atoms with Gasteiger partial charge in [0.25, 0.3) is 0 Å². The van der Waals surface area contributed by atoms with Gasteiger partial charge in [-0.1, -0.05) is 29.3 Å². The maximum Gasteiger partial charge on any atom is 0.417 e. The van der Waals surface area contributed by atoms with Crippen LogP contribution in [0.3, 0.4) is 0 Å². The van der Waals surface area contributed by atoms with E-state index in [1.54, 1.807) is 18.2 Å². The quantitative estimate of drug-likeness (QED) is 0.886. The molecule has 0 aromatic heterocycles. The predicted molar refractivity (Wildman–Crippen MR) is 76.8 cm³/mol. The number of methoxy groups -OCH3 is 1. The molecule has 0 aliphatic heterocycles. The van der Waals surface area contributed by atoms with E-state index in [1.807, 2.05) is 0 Å². The lowest BCUT2D eigenvalue weighted by atomic mass is 10.1. The number of primary amides is 1.